The average Bonchev–Trinajstić information content (AvgIpc) is 2.35. The van der Waals surface area contributed by atoms with Crippen LogP contribution in [0.3, 0.4) is 0 Å². The molecule has 1 fully saturated rings. The van der Waals surface area contributed by atoms with Crippen molar-refractivity contribution in [1.82, 2.24) is 5.32 Å². The Labute approximate surface area is 121 Å². The van der Waals surface area contributed by atoms with Crippen molar-refractivity contribution < 1.29 is 14.5 Å². The van der Waals surface area contributed by atoms with Gasteiger partial charge in [0.15, 0.2) is 0 Å². The summed E-state index contributed by atoms with van der Waals surface area (Å²) >= 11 is 5.78. The fourth-order valence-corrected chi connectivity index (χ4v) is 2.37. The van der Waals surface area contributed by atoms with E-state index < -0.39 is 4.92 Å². The van der Waals surface area contributed by atoms with Crippen LogP contribution in [0.15, 0.2) is 18.2 Å². The third-order valence-electron chi connectivity index (χ3n) is 3.24. The Hall–Kier alpha value is -1.66. The predicted octanol–water partition coefficient (Wildman–Crippen LogP) is 2.55. The maximum absolute atomic E-state index is 12.0. The highest BCUT2D eigenvalue weighted by atomic mass is 35.5. The van der Waals surface area contributed by atoms with Crippen molar-refractivity contribution in [2.75, 3.05) is 6.61 Å². The van der Waals surface area contributed by atoms with E-state index in [0.29, 0.717) is 12.2 Å². The Kier molecular flexibility index (Phi) is 4.57. The van der Waals surface area contributed by atoms with Gasteiger partial charge in [0.1, 0.15) is 5.02 Å². The zero-order valence-electron chi connectivity index (χ0n) is 11.0. The van der Waals surface area contributed by atoms with Crippen LogP contribution in [-0.2, 0) is 4.74 Å². The van der Waals surface area contributed by atoms with Gasteiger partial charge < -0.3 is 10.1 Å². The van der Waals surface area contributed by atoms with Crippen LogP contribution in [0.5, 0.6) is 0 Å². The summed E-state index contributed by atoms with van der Waals surface area (Å²) in [6, 6.07) is 4.04. The standard InChI is InChI=1S/C13H15ClN2O4/c1-2-20-10-6-9(7-10)15-13(17)8-3-4-12(16(18)19)11(14)5-8/h3-5,9-10H,2,6-7H2,1H3,(H,15,17). The van der Waals surface area contributed by atoms with Gasteiger partial charge in [-0.1, -0.05) is 11.6 Å². The number of carbonyl (C=O) groups excluding carboxylic acids is 1. The average molecular weight is 299 g/mol. The topological polar surface area (TPSA) is 81.5 Å². The van der Waals surface area contributed by atoms with Crippen molar-refractivity contribution in [2.24, 2.45) is 0 Å². The summed E-state index contributed by atoms with van der Waals surface area (Å²) in [5, 5.41) is 13.5. The largest absolute Gasteiger partial charge is 0.378 e. The van der Waals surface area contributed by atoms with Crippen LogP contribution in [0.25, 0.3) is 0 Å². The molecule has 0 bridgehead atoms. The molecule has 1 amide bonds. The van der Waals surface area contributed by atoms with E-state index in [9.17, 15) is 14.9 Å². The van der Waals surface area contributed by atoms with E-state index in [2.05, 4.69) is 5.32 Å². The molecule has 2 rings (SSSR count). The maximum atomic E-state index is 12.0. The van der Waals surface area contributed by atoms with Gasteiger partial charge in [-0.2, -0.15) is 0 Å². The van der Waals surface area contributed by atoms with Gasteiger partial charge in [-0.25, -0.2) is 0 Å². The molecule has 1 saturated carbocycles. The first kappa shape index (κ1) is 14.7. The number of hydrogen-bond donors (Lipinski definition) is 1. The second kappa shape index (κ2) is 6.19. The molecule has 0 atom stereocenters. The number of rotatable bonds is 5. The van der Waals surface area contributed by atoms with Crippen LogP contribution >= 0.6 is 11.6 Å². The molecule has 0 saturated heterocycles. The Morgan fingerprint density at radius 2 is 2.25 bits per heavy atom. The summed E-state index contributed by atoms with van der Waals surface area (Å²) in [6.07, 6.45) is 1.80. The van der Waals surface area contributed by atoms with Crippen molar-refractivity contribution >= 4 is 23.2 Å². The van der Waals surface area contributed by atoms with E-state index in [1.165, 1.54) is 18.2 Å². The first-order valence-electron chi connectivity index (χ1n) is 6.37. The number of nitro groups is 1. The number of benzene rings is 1. The number of hydrogen-bond acceptors (Lipinski definition) is 4. The molecule has 0 heterocycles. The molecule has 20 heavy (non-hydrogen) atoms. The molecule has 0 unspecified atom stereocenters. The fourth-order valence-electron chi connectivity index (χ4n) is 2.12. The number of amides is 1. The number of nitro benzene ring substituents is 1. The quantitative estimate of drug-likeness (QED) is 0.669. The molecule has 0 spiro atoms. The second-order valence-electron chi connectivity index (χ2n) is 4.64. The Bertz CT molecular complexity index is 529. The molecule has 0 radical (unpaired) electrons. The summed E-state index contributed by atoms with van der Waals surface area (Å²) in [4.78, 5) is 22.0. The van der Waals surface area contributed by atoms with Gasteiger partial charge in [-0.05, 0) is 31.9 Å². The van der Waals surface area contributed by atoms with E-state index in [0.717, 1.165) is 12.8 Å². The third kappa shape index (κ3) is 3.26. The number of carbonyl (C=O) groups is 1. The molecule has 1 aromatic carbocycles. The molecule has 108 valence electrons. The molecule has 1 N–H and O–H groups in total. The zero-order valence-corrected chi connectivity index (χ0v) is 11.7. The highest BCUT2D eigenvalue weighted by Gasteiger charge is 2.31. The predicted molar refractivity (Wildman–Crippen MR) is 74.0 cm³/mol. The molecule has 1 aliphatic rings. The van der Waals surface area contributed by atoms with Crippen molar-refractivity contribution in [1.29, 1.82) is 0 Å². The van der Waals surface area contributed by atoms with E-state index in [4.69, 9.17) is 16.3 Å². The van der Waals surface area contributed by atoms with Gasteiger partial charge in [0.2, 0.25) is 0 Å². The third-order valence-corrected chi connectivity index (χ3v) is 3.54. The van der Waals surface area contributed by atoms with Gasteiger partial charge in [0, 0.05) is 24.3 Å². The number of nitrogens with one attached hydrogen (secondary N) is 1. The first-order chi connectivity index (χ1) is 9.51. The van der Waals surface area contributed by atoms with Crippen LogP contribution in [0.2, 0.25) is 5.02 Å². The van der Waals surface area contributed by atoms with Gasteiger partial charge >= 0.3 is 0 Å². The minimum atomic E-state index is -0.581. The van der Waals surface area contributed by atoms with Crippen molar-refractivity contribution in [2.45, 2.75) is 31.9 Å². The van der Waals surface area contributed by atoms with Crippen molar-refractivity contribution in [3.8, 4) is 0 Å². The highest BCUT2D eigenvalue weighted by molar-refractivity contribution is 6.33. The van der Waals surface area contributed by atoms with Gasteiger partial charge in [0.25, 0.3) is 11.6 Å². The van der Waals surface area contributed by atoms with E-state index >= 15 is 0 Å². The summed E-state index contributed by atoms with van der Waals surface area (Å²) < 4.78 is 5.41. The fraction of sp³-hybridized carbons (Fsp3) is 0.462. The summed E-state index contributed by atoms with van der Waals surface area (Å²) in [6.45, 7) is 2.61. The maximum Gasteiger partial charge on any atom is 0.287 e. The lowest BCUT2D eigenvalue weighted by molar-refractivity contribution is -0.384. The van der Waals surface area contributed by atoms with Gasteiger partial charge in [-0.15, -0.1) is 0 Å². The molecule has 0 aliphatic heterocycles. The van der Waals surface area contributed by atoms with Crippen molar-refractivity contribution in [3.05, 3.63) is 38.9 Å². The lowest BCUT2D eigenvalue weighted by Gasteiger charge is -2.35. The van der Waals surface area contributed by atoms with Crippen LogP contribution < -0.4 is 5.32 Å². The molecular weight excluding hydrogens is 284 g/mol. The van der Waals surface area contributed by atoms with Crippen LogP contribution in [0.4, 0.5) is 5.69 Å². The monoisotopic (exact) mass is 298 g/mol. The minimum absolute atomic E-state index is 0.0385. The smallest absolute Gasteiger partial charge is 0.287 e. The molecule has 1 aromatic rings. The minimum Gasteiger partial charge on any atom is -0.378 e. The summed E-state index contributed by atoms with van der Waals surface area (Å²) in [5.74, 6) is -0.276. The number of ether oxygens (including phenoxy) is 1. The van der Waals surface area contributed by atoms with Crippen LogP contribution in [0.1, 0.15) is 30.1 Å². The summed E-state index contributed by atoms with van der Waals surface area (Å²) in [5.41, 5.74) is 0.115. The van der Waals surface area contributed by atoms with E-state index in [1.807, 2.05) is 6.92 Å². The lowest BCUT2D eigenvalue weighted by Crippen LogP contribution is -2.47. The lowest BCUT2D eigenvalue weighted by atomic mass is 9.89. The molecule has 7 heteroatoms. The second-order valence-corrected chi connectivity index (χ2v) is 5.05. The number of halogens is 1. The zero-order chi connectivity index (χ0) is 14.7. The van der Waals surface area contributed by atoms with Crippen LogP contribution in [-0.4, -0.2) is 29.6 Å². The molecule has 0 aromatic heterocycles. The Morgan fingerprint density at radius 1 is 1.55 bits per heavy atom. The Balaban J connectivity index is 1.94. The Morgan fingerprint density at radius 3 is 2.80 bits per heavy atom. The van der Waals surface area contributed by atoms with Crippen molar-refractivity contribution in [3.63, 3.8) is 0 Å². The molecule has 1 aliphatic carbocycles. The first-order valence-corrected chi connectivity index (χ1v) is 6.75. The number of nitrogens with zero attached hydrogens (tertiary/aromatic N) is 1. The van der Waals surface area contributed by atoms with Gasteiger partial charge in [-0.3, -0.25) is 14.9 Å². The van der Waals surface area contributed by atoms with Gasteiger partial charge in [0.05, 0.1) is 11.0 Å². The highest BCUT2D eigenvalue weighted by Crippen LogP contribution is 2.26. The summed E-state index contributed by atoms with van der Waals surface area (Å²) in [7, 11) is 0. The van der Waals surface area contributed by atoms with E-state index in [-0.39, 0.29) is 28.8 Å². The normalized spacial score (nSPS) is 21.1. The molecule has 6 nitrogen and oxygen atoms in total. The van der Waals surface area contributed by atoms with E-state index in [1.54, 1.807) is 0 Å². The molecular formula is C13H15ClN2O4. The SMILES string of the molecule is CCOC1CC(NC(=O)c2ccc([N+](=O)[O-])c(Cl)c2)C1. The van der Waals surface area contributed by atoms with Crippen LogP contribution in [0, 0.1) is 10.1 Å².